The first-order chi connectivity index (χ1) is 10.3. The predicted molar refractivity (Wildman–Crippen MR) is 70.4 cm³/mol. The number of rotatable bonds is 2. The van der Waals surface area contributed by atoms with Crippen LogP contribution in [0.4, 0.5) is 27.6 Å². The van der Waals surface area contributed by atoms with Crippen molar-refractivity contribution in [2.75, 3.05) is 5.32 Å². The molecule has 8 heteroatoms. The maximum absolute atomic E-state index is 13.5. The zero-order valence-corrected chi connectivity index (χ0v) is 11.7. The SMILES string of the molecule is Cc1c(Cl)cccc1NC(=O)c1c(F)c(F)c(F)c(F)c1F. The van der Waals surface area contributed by atoms with Gasteiger partial charge in [0.1, 0.15) is 5.56 Å². The molecule has 0 unspecified atom stereocenters. The van der Waals surface area contributed by atoms with E-state index in [-0.39, 0.29) is 10.7 Å². The highest BCUT2D eigenvalue weighted by molar-refractivity contribution is 6.31. The third-order valence-electron chi connectivity index (χ3n) is 2.95. The Kier molecular flexibility index (Phi) is 4.37. The molecule has 2 aromatic rings. The highest BCUT2D eigenvalue weighted by Gasteiger charge is 2.29. The van der Waals surface area contributed by atoms with Crippen LogP contribution in [-0.4, -0.2) is 5.91 Å². The van der Waals surface area contributed by atoms with Crippen molar-refractivity contribution in [3.05, 3.63) is 63.4 Å². The van der Waals surface area contributed by atoms with Gasteiger partial charge in [0.2, 0.25) is 5.82 Å². The lowest BCUT2D eigenvalue weighted by Gasteiger charge is -2.11. The van der Waals surface area contributed by atoms with Crippen molar-refractivity contribution in [1.82, 2.24) is 0 Å². The Morgan fingerprint density at radius 3 is 2.00 bits per heavy atom. The highest BCUT2D eigenvalue weighted by atomic mass is 35.5. The van der Waals surface area contributed by atoms with E-state index in [1.54, 1.807) is 0 Å². The summed E-state index contributed by atoms with van der Waals surface area (Å²) < 4.78 is 66.1. The van der Waals surface area contributed by atoms with E-state index >= 15 is 0 Å². The maximum atomic E-state index is 13.5. The van der Waals surface area contributed by atoms with Gasteiger partial charge in [-0.1, -0.05) is 17.7 Å². The minimum absolute atomic E-state index is 0.0847. The minimum Gasteiger partial charge on any atom is -0.322 e. The smallest absolute Gasteiger partial charge is 0.261 e. The summed E-state index contributed by atoms with van der Waals surface area (Å²) in [6.07, 6.45) is 0. The second-order valence-corrected chi connectivity index (χ2v) is 4.72. The van der Waals surface area contributed by atoms with Gasteiger partial charge in [-0.15, -0.1) is 0 Å². The fourth-order valence-electron chi connectivity index (χ4n) is 1.73. The number of nitrogens with one attached hydrogen (secondary N) is 1. The average Bonchev–Trinajstić information content (AvgIpc) is 2.48. The standard InChI is InChI=1S/C14H7ClF5NO/c1-5-6(15)3-2-4-7(5)21-14(22)8-9(16)11(18)13(20)12(19)10(8)17/h2-4H,1H3,(H,21,22). The summed E-state index contributed by atoms with van der Waals surface area (Å²) in [5, 5.41) is 2.32. The molecule has 0 bridgehead atoms. The third kappa shape index (κ3) is 2.64. The van der Waals surface area contributed by atoms with Gasteiger partial charge in [0.05, 0.1) is 0 Å². The van der Waals surface area contributed by atoms with E-state index in [0.717, 1.165) is 0 Å². The van der Waals surface area contributed by atoms with Gasteiger partial charge < -0.3 is 5.32 Å². The van der Waals surface area contributed by atoms with E-state index in [1.165, 1.54) is 25.1 Å². The molecular formula is C14H7ClF5NO. The topological polar surface area (TPSA) is 29.1 Å². The fraction of sp³-hybridized carbons (Fsp3) is 0.0714. The second kappa shape index (κ2) is 5.92. The molecule has 2 aromatic carbocycles. The van der Waals surface area contributed by atoms with E-state index < -0.39 is 40.6 Å². The lowest BCUT2D eigenvalue weighted by Crippen LogP contribution is -2.19. The predicted octanol–water partition coefficient (Wildman–Crippen LogP) is 4.60. The van der Waals surface area contributed by atoms with Crippen LogP contribution in [0, 0.1) is 36.0 Å². The number of carbonyl (C=O) groups excluding carboxylic acids is 1. The summed E-state index contributed by atoms with van der Waals surface area (Å²) in [6.45, 7) is 1.51. The molecule has 0 atom stereocenters. The number of carbonyl (C=O) groups is 1. The molecule has 0 aliphatic rings. The van der Waals surface area contributed by atoms with Crippen LogP contribution < -0.4 is 5.32 Å². The monoisotopic (exact) mass is 335 g/mol. The van der Waals surface area contributed by atoms with E-state index in [1.807, 2.05) is 0 Å². The Hall–Kier alpha value is -2.15. The second-order valence-electron chi connectivity index (χ2n) is 4.31. The van der Waals surface area contributed by atoms with Crippen molar-refractivity contribution in [1.29, 1.82) is 0 Å². The number of anilines is 1. The molecule has 1 amide bonds. The molecule has 0 fully saturated rings. The van der Waals surface area contributed by atoms with Crippen LogP contribution >= 0.6 is 11.6 Å². The quantitative estimate of drug-likeness (QED) is 0.485. The molecule has 0 radical (unpaired) electrons. The Morgan fingerprint density at radius 2 is 1.45 bits per heavy atom. The van der Waals surface area contributed by atoms with Crippen molar-refractivity contribution in [2.24, 2.45) is 0 Å². The van der Waals surface area contributed by atoms with Crippen LogP contribution in [0.3, 0.4) is 0 Å². The van der Waals surface area contributed by atoms with Crippen LogP contribution in [-0.2, 0) is 0 Å². The third-order valence-corrected chi connectivity index (χ3v) is 3.36. The minimum atomic E-state index is -2.33. The van der Waals surface area contributed by atoms with Gasteiger partial charge in [-0.3, -0.25) is 4.79 Å². The lowest BCUT2D eigenvalue weighted by molar-refractivity contribution is 0.101. The molecule has 0 saturated carbocycles. The fourth-order valence-corrected chi connectivity index (χ4v) is 1.91. The van der Waals surface area contributed by atoms with E-state index in [0.29, 0.717) is 5.56 Å². The maximum Gasteiger partial charge on any atom is 0.261 e. The Bertz CT molecular complexity index is 749. The molecule has 116 valence electrons. The van der Waals surface area contributed by atoms with Gasteiger partial charge in [0, 0.05) is 10.7 Å². The molecule has 0 heterocycles. The van der Waals surface area contributed by atoms with Crippen molar-refractivity contribution in [2.45, 2.75) is 6.92 Å². The number of amides is 1. The van der Waals surface area contributed by atoms with Crippen LogP contribution in [0.15, 0.2) is 18.2 Å². The van der Waals surface area contributed by atoms with Crippen molar-refractivity contribution >= 4 is 23.2 Å². The molecule has 1 N–H and O–H groups in total. The van der Waals surface area contributed by atoms with Crippen LogP contribution in [0.2, 0.25) is 5.02 Å². The molecule has 22 heavy (non-hydrogen) atoms. The Labute approximate surface area is 126 Å². The van der Waals surface area contributed by atoms with Crippen molar-refractivity contribution in [3.63, 3.8) is 0 Å². The largest absolute Gasteiger partial charge is 0.322 e. The van der Waals surface area contributed by atoms with Crippen molar-refractivity contribution < 1.29 is 26.7 Å². The lowest BCUT2D eigenvalue weighted by atomic mass is 10.1. The number of benzene rings is 2. The first-order valence-electron chi connectivity index (χ1n) is 5.83. The van der Waals surface area contributed by atoms with E-state index in [9.17, 15) is 26.7 Å². The van der Waals surface area contributed by atoms with Gasteiger partial charge in [0.25, 0.3) is 5.91 Å². The van der Waals surface area contributed by atoms with Crippen LogP contribution in [0.1, 0.15) is 15.9 Å². The van der Waals surface area contributed by atoms with Gasteiger partial charge in [-0.05, 0) is 24.6 Å². The summed E-state index contributed by atoms with van der Waals surface area (Å²) in [4.78, 5) is 11.8. The summed E-state index contributed by atoms with van der Waals surface area (Å²) in [5.74, 6) is -12.6. The van der Waals surface area contributed by atoms with E-state index in [2.05, 4.69) is 5.32 Å². The summed E-state index contributed by atoms with van der Waals surface area (Å²) in [5.41, 5.74) is -1.10. The van der Waals surface area contributed by atoms with Crippen LogP contribution in [0.5, 0.6) is 0 Å². The molecule has 0 spiro atoms. The Morgan fingerprint density at radius 1 is 0.955 bits per heavy atom. The summed E-state index contributed by atoms with van der Waals surface area (Å²) in [6, 6.07) is 4.32. The molecule has 0 aliphatic carbocycles. The summed E-state index contributed by atoms with van der Waals surface area (Å²) in [7, 11) is 0. The molecule has 2 nitrogen and oxygen atoms in total. The molecular weight excluding hydrogens is 329 g/mol. The average molecular weight is 336 g/mol. The zero-order chi connectivity index (χ0) is 16.6. The molecule has 0 aliphatic heterocycles. The van der Waals surface area contributed by atoms with E-state index in [4.69, 9.17) is 11.6 Å². The number of halogens is 6. The highest BCUT2D eigenvalue weighted by Crippen LogP contribution is 2.26. The summed E-state index contributed by atoms with van der Waals surface area (Å²) >= 11 is 5.81. The van der Waals surface area contributed by atoms with Gasteiger partial charge in [0.15, 0.2) is 23.3 Å². The number of hydrogen-bond acceptors (Lipinski definition) is 1. The normalized spacial score (nSPS) is 10.7. The zero-order valence-electron chi connectivity index (χ0n) is 10.9. The van der Waals surface area contributed by atoms with Gasteiger partial charge in [-0.2, -0.15) is 0 Å². The van der Waals surface area contributed by atoms with Crippen LogP contribution in [0.25, 0.3) is 0 Å². The van der Waals surface area contributed by atoms with Gasteiger partial charge in [-0.25, -0.2) is 22.0 Å². The molecule has 0 saturated heterocycles. The first kappa shape index (κ1) is 16.2. The first-order valence-corrected chi connectivity index (χ1v) is 6.21. The van der Waals surface area contributed by atoms with Crippen molar-refractivity contribution in [3.8, 4) is 0 Å². The van der Waals surface area contributed by atoms with Gasteiger partial charge >= 0.3 is 0 Å². The Balaban J connectivity index is 2.49. The molecule has 2 rings (SSSR count). The molecule has 0 aromatic heterocycles. The number of hydrogen-bond donors (Lipinski definition) is 1.